The molecule has 0 spiro atoms. The van der Waals surface area contributed by atoms with E-state index in [9.17, 15) is 9.59 Å². The summed E-state index contributed by atoms with van der Waals surface area (Å²) >= 11 is 1.63. The minimum Gasteiger partial charge on any atom is -0.481 e. The zero-order chi connectivity index (χ0) is 21.5. The lowest BCUT2D eigenvalue weighted by Gasteiger charge is -2.06. The minimum atomic E-state index is -0.885. The van der Waals surface area contributed by atoms with E-state index in [1.165, 1.54) is 5.56 Å². The molecule has 0 saturated heterocycles. The van der Waals surface area contributed by atoms with Gasteiger partial charge in [-0.2, -0.15) is 0 Å². The highest BCUT2D eigenvalue weighted by molar-refractivity contribution is 7.22. The number of nitrogens with one attached hydrogen (secondary N) is 1. The Morgan fingerprint density at radius 2 is 1.65 bits per heavy atom. The predicted octanol–water partition coefficient (Wildman–Crippen LogP) is 5.92. The number of carboxylic acids is 1. The second kappa shape index (κ2) is 7.63. The number of nitrogens with zero attached hydrogens (tertiary/aromatic N) is 1. The SMILES string of the molecule is Cc1cccc2sc(Nc3ccc(-c4ccc(C(=O)[C@@H]5C[C@H]5C(=O)O)cc4)cc3)nc12. The van der Waals surface area contributed by atoms with Crippen molar-refractivity contribution < 1.29 is 14.7 Å². The van der Waals surface area contributed by atoms with E-state index in [4.69, 9.17) is 5.11 Å². The highest BCUT2D eigenvalue weighted by atomic mass is 32.1. The van der Waals surface area contributed by atoms with Crippen molar-refractivity contribution in [1.82, 2.24) is 4.98 Å². The Kier molecular flexibility index (Phi) is 4.79. The maximum atomic E-state index is 12.4. The molecule has 1 heterocycles. The van der Waals surface area contributed by atoms with Crippen LogP contribution in [0.5, 0.6) is 0 Å². The number of ketones is 1. The number of carbonyl (C=O) groups is 2. The Hall–Kier alpha value is -3.51. The molecule has 0 radical (unpaired) electrons. The Bertz CT molecular complexity index is 1290. The number of aliphatic carboxylic acids is 1. The van der Waals surface area contributed by atoms with Crippen LogP contribution >= 0.6 is 11.3 Å². The van der Waals surface area contributed by atoms with Gasteiger partial charge in [0.05, 0.1) is 16.1 Å². The molecule has 1 aliphatic rings. The molecule has 1 saturated carbocycles. The molecule has 4 aromatic rings. The summed E-state index contributed by atoms with van der Waals surface area (Å²) in [5.74, 6) is -1.86. The van der Waals surface area contributed by atoms with E-state index in [0.29, 0.717) is 12.0 Å². The number of hydrogen-bond acceptors (Lipinski definition) is 5. The third kappa shape index (κ3) is 3.82. The first-order valence-corrected chi connectivity index (χ1v) is 10.9. The Morgan fingerprint density at radius 3 is 2.26 bits per heavy atom. The van der Waals surface area contributed by atoms with Gasteiger partial charge in [0, 0.05) is 17.2 Å². The number of carbonyl (C=O) groups excluding carboxylic acids is 1. The molecular formula is C25H20N2O3S. The molecule has 6 heteroatoms. The lowest BCUT2D eigenvalue weighted by Crippen LogP contribution is -2.08. The van der Waals surface area contributed by atoms with E-state index in [1.807, 2.05) is 42.5 Å². The van der Waals surface area contributed by atoms with Crippen LogP contribution in [0.3, 0.4) is 0 Å². The zero-order valence-electron chi connectivity index (χ0n) is 16.8. The molecule has 1 aromatic heterocycles. The van der Waals surface area contributed by atoms with E-state index in [-0.39, 0.29) is 11.7 Å². The summed E-state index contributed by atoms with van der Waals surface area (Å²) in [5.41, 5.74) is 5.77. The zero-order valence-corrected chi connectivity index (χ0v) is 17.6. The summed E-state index contributed by atoms with van der Waals surface area (Å²) in [7, 11) is 0. The highest BCUT2D eigenvalue weighted by Crippen LogP contribution is 2.41. The molecule has 31 heavy (non-hydrogen) atoms. The number of hydrogen-bond donors (Lipinski definition) is 2. The summed E-state index contributed by atoms with van der Waals surface area (Å²) in [6, 6.07) is 21.6. The molecule has 2 N–H and O–H groups in total. The fourth-order valence-electron chi connectivity index (χ4n) is 3.81. The fourth-order valence-corrected chi connectivity index (χ4v) is 4.77. The number of anilines is 2. The van der Waals surface area contributed by atoms with Crippen molar-refractivity contribution in [3.8, 4) is 11.1 Å². The van der Waals surface area contributed by atoms with Crippen LogP contribution in [0.4, 0.5) is 10.8 Å². The van der Waals surface area contributed by atoms with Gasteiger partial charge in [-0.05, 0) is 48.2 Å². The molecule has 0 aliphatic heterocycles. The van der Waals surface area contributed by atoms with Gasteiger partial charge in [0.1, 0.15) is 0 Å². The van der Waals surface area contributed by atoms with E-state index in [0.717, 1.165) is 32.2 Å². The summed E-state index contributed by atoms with van der Waals surface area (Å²) in [4.78, 5) is 28.1. The number of Topliss-reactive ketones (excluding diaryl/α,β-unsaturated/α-hetero) is 1. The lowest BCUT2D eigenvalue weighted by molar-refractivity contribution is -0.138. The molecule has 1 fully saturated rings. The van der Waals surface area contributed by atoms with Crippen molar-refractivity contribution in [2.24, 2.45) is 11.8 Å². The van der Waals surface area contributed by atoms with Gasteiger partial charge in [0.25, 0.3) is 0 Å². The van der Waals surface area contributed by atoms with Crippen LogP contribution in [0, 0.1) is 18.8 Å². The van der Waals surface area contributed by atoms with Crippen LogP contribution in [-0.2, 0) is 4.79 Å². The molecule has 0 unspecified atom stereocenters. The molecule has 154 valence electrons. The van der Waals surface area contributed by atoms with Gasteiger partial charge in [0.15, 0.2) is 10.9 Å². The highest BCUT2D eigenvalue weighted by Gasteiger charge is 2.48. The van der Waals surface area contributed by atoms with E-state index < -0.39 is 11.9 Å². The third-order valence-corrected chi connectivity index (χ3v) is 6.64. The second-order valence-electron chi connectivity index (χ2n) is 7.87. The van der Waals surface area contributed by atoms with Crippen LogP contribution in [-0.4, -0.2) is 21.8 Å². The Labute approximate surface area is 183 Å². The summed E-state index contributed by atoms with van der Waals surface area (Å²) in [6.07, 6.45) is 0.443. The second-order valence-corrected chi connectivity index (χ2v) is 8.90. The predicted molar refractivity (Wildman–Crippen MR) is 123 cm³/mol. The molecule has 2 atom stereocenters. The van der Waals surface area contributed by atoms with Crippen molar-refractivity contribution >= 4 is 44.1 Å². The van der Waals surface area contributed by atoms with Gasteiger partial charge < -0.3 is 10.4 Å². The fraction of sp³-hybridized carbons (Fsp3) is 0.160. The number of rotatable bonds is 6. The molecule has 0 bridgehead atoms. The average Bonchev–Trinajstić information content (AvgIpc) is 3.48. The first kappa shape index (κ1) is 19.5. The Morgan fingerprint density at radius 1 is 0.968 bits per heavy atom. The van der Waals surface area contributed by atoms with Crippen molar-refractivity contribution in [1.29, 1.82) is 0 Å². The smallest absolute Gasteiger partial charge is 0.307 e. The molecule has 1 aliphatic carbocycles. The standard InChI is InChI=1S/C25H20N2O3S/c1-14-3-2-4-21-22(14)27-25(31-21)26-18-11-9-16(10-12-18)15-5-7-17(8-6-15)23(28)19-13-20(19)24(29)30/h2-12,19-20H,13H2,1H3,(H,26,27)(H,29,30)/t19-,20-/m1/s1. The number of fused-ring (bicyclic) bond motifs is 1. The third-order valence-electron chi connectivity index (χ3n) is 5.70. The number of carboxylic acid groups (broad SMARTS) is 1. The molecule has 3 aromatic carbocycles. The van der Waals surface area contributed by atoms with E-state index >= 15 is 0 Å². The largest absolute Gasteiger partial charge is 0.481 e. The molecular weight excluding hydrogens is 408 g/mol. The van der Waals surface area contributed by atoms with Crippen molar-refractivity contribution in [3.63, 3.8) is 0 Å². The van der Waals surface area contributed by atoms with Crippen LogP contribution in [0.25, 0.3) is 21.3 Å². The van der Waals surface area contributed by atoms with Gasteiger partial charge in [-0.1, -0.05) is 59.9 Å². The van der Waals surface area contributed by atoms with E-state index in [1.54, 1.807) is 23.5 Å². The first-order valence-electron chi connectivity index (χ1n) is 10.1. The van der Waals surface area contributed by atoms with Crippen molar-refractivity contribution in [3.05, 3.63) is 77.9 Å². The van der Waals surface area contributed by atoms with Crippen LogP contribution < -0.4 is 5.32 Å². The molecule has 5 rings (SSSR count). The van der Waals surface area contributed by atoms with Gasteiger partial charge in [0.2, 0.25) is 0 Å². The van der Waals surface area contributed by atoms with Crippen molar-refractivity contribution in [2.45, 2.75) is 13.3 Å². The molecule has 0 amide bonds. The van der Waals surface area contributed by atoms with Gasteiger partial charge in [-0.3, -0.25) is 9.59 Å². The van der Waals surface area contributed by atoms with Gasteiger partial charge in [-0.15, -0.1) is 0 Å². The first-order chi connectivity index (χ1) is 15.0. The maximum absolute atomic E-state index is 12.4. The van der Waals surface area contributed by atoms with Gasteiger partial charge in [-0.25, -0.2) is 4.98 Å². The number of aromatic nitrogens is 1. The van der Waals surface area contributed by atoms with Crippen LogP contribution in [0.2, 0.25) is 0 Å². The average molecular weight is 429 g/mol. The maximum Gasteiger partial charge on any atom is 0.307 e. The summed E-state index contributed by atoms with van der Waals surface area (Å²) in [5, 5.41) is 13.2. The monoisotopic (exact) mass is 428 g/mol. The van der Waals surface area contributed by atoms with Crippen LogP contribution in [0.1, 0.15) is 22.3 Å². The number of para-hydroxylation sites is 1. The van der Waals surface area contributed by atoms with Crippen LogP contribution in [0.15, 0.2) is 66.7 Å². The lowest BCUT2D eigenvalue weighted by atomic mass is 10.0. The molecule has 5 nitrogen and oxygen atoms in total. The topological polar surface area (TPSA) is 79.3 Å². The van der Waals surface area contributed by atoms with Gasteiger partial charge >= 0.3 is 5.97 Å². The minimum absolute atomic E-state index is 0.0791. The number of benzene rings is 3. The number of aryl methyl sites for hydroxylation is 1. The van der Waals surface area contributed by atoms with E-state index in [2.05, 4.69) is 29.4 Å². The number of thiazole rings is 1. The summed E-state index contributed by atoms with van der Waals surface area (Å²) < 4.78 is 1.16. The normalized spacial score (nSPS) is 17.5. The summed E-state index contributed by atoms with van der Waals surface area (Å²) in [6.45, 7) is 2.06. The Balaban J connectivity index is 1.29. The quantitative estimate of drug-likeness (QED) is 0.373. The van der Waals surface area contributed by atoms with Crippen molar-refractivity contribution in [2.75, 3.05) is 5.32 Å².